The molecule has 0 saturated carbocycles. The number of amides is 1. The van der Waals surface area contributed by atoms with Crippen LogP contribution in [0.15, 0.2) is 23.0 Å². The summed E-state index contributed by atoms with van der Waals surface area (Å²) < 4.78 is 8.63. The molecule has 0 spiro atoms. The summed E-state index contributed by atoms with van der Waals surface area (Å²) in [5, 5.41) is 2.91. The van der Waals surface area contributed by atoms with Gasteiger partial charge in [0.05, 0.1) is 11.0 Å². The lowest BCUT2D eigenvalue weighted by Crippen LogP contribution is -2.35. The lowest BCUT2D eigenvalue weighted by Gasteiger charge is -2.10. The summed E-state index contributed by atoms with van der Waals surface area (Å²) in [6.07, 6.45) is 2.22. The van der Waals surface area contributed by atoms with Gasteiger partial charge in [-0.1, -0.05) is 6.07 Å². The molecule has 0 aliphatic carbocycles. The van der Waals surface area contributed by atoms with E-state index in [2.05, 4.69) is 5.32 Å². The third kappa shape index (κ3) is 2.66. The largest absolute Gasteiger partial charge is 0.368 e. The molecule has 1 fully saturated rings. The number of benzene rings is 1. The van der Waals surface area contributed by atoms with Crippen molar-refractivity contribution in [3.8, 4) is 0 Å². The fraction of sp³-hybridized carbons (Fsp3) is 0.500. The topological polar surface area (TPSA) is 65.3 Å². The number of aryl methyl sites for hydroxylation is 2. The van der Waals surface area contributed by atoms with Gasteiger partial charge < -0.3 is 10.1 Å². The minimum atomic E-state index is -0.280. The zero-order valence-corrected chi connectivity index (χ0v) is 13.0. The molecule has 1 aliphatic heterocycles. The minimum absolute atomic E-state index is 0.0225. The number of aromatic nitrogens is 2. The van der Waals surface area contributed by atoms with Gasteiger partial charge in [0, 0.05) is 27.2 Å². The first-order valence-electron chi connectivity index (χ1n) is 7.61. The molecule has 1 saturated heterocycles. The Labute approximate surface area is 128 Å². The Morgan fingerprint density at radius 2 is 2.09 bits per heavy atom. The molecule has 2 aromatic rings. The third-order valence-corrected chi connectivity index (χ3v) is 4.27. The lowest BCUT2D eigenvalue weighted by molar-refractivity contribution is -0.129. The van der Waals surface area contributed by atoms with Crippen LogP contribution < -0.4 is 11.0 Å². The van der Waals surface area contributed by atoms with Crippen LogP contribution in [-0.4, -0.2) is 34.3 Å². The molecule has 6 heteroatoms. The molecule has 22 heavy (non-hydrogen) atoms. The summed E-state index contributed by atoms with van der Waals surface area (Å²) >= 11 is 0. The van der Waals surface area contributed by atoms with Gasteiger partial charge in [-0.3, -0.25) is 13.9 Å². The second-order valence-electron chi connectivity index (χ2n) is 5.77. The zero-order chi connectivity index (χ0) is 15.7. The number of ether oxygens (including phenoxy) is 1. The highest BCUT2D eigenvalue weighted by atomic mass is 16.5. The van der Waals surface area contributed by atoms with Gasteiger partial charge in [0.25, 0.3) is 0 Å². The summed E-state index contributed by atoms with van der Waals surface area (Å²) in [6.45, 7) is 1.25. The van der Waals surface area contributed by atoms with E-state index in [1.807, 2.05) is 18.2 Å². The Bertz CT molecular complexity index is 754. The first-order valence-corrected chi connectivity index (χ1v) is 7.61. The molecule has 2 heterocycles. The number of fused-ring (bicyclic) bond motifs is 1. The van der Waals surface area contributed by atoms with Gasteiger partial charge in [0.1, 0.15) is 6.10 Å². The van der Waals surface area contributed by atoms with Gasteiger partial charge in [-0.05, 0) is 37.0 Å². The molecule has 0 bridgehead atoms. The third-order valence-electron chi connectivity index (χ3n) is 4.27. The van der Waals surface area contributed by atoms with Crippen LogP contribution in [0.3, 0.4) is 0 Å². The molecule has 1 aromatic carbocycles. The van der Waals surface area contributed by atoms with Crippen molar-refractivity contribution >= 4 is 16.9 Å². The summed E-state index contributed by atoms with van der Waals surface area (Å²) in [5.74, 6) is -0.0225. The first-order chi connectivity index (χ1) is 10.6. The molecular formula is C16H21N3O3. The average Bonchev–Trinajstić information content (AvgIpc) is 3.12. The summed E-state index contributed by atoms with van der Waals surface area (Å²) in [6, 6.07) is 5.96. The standard InChI is InChI=1S/C16H21N3O3/c1-18-12-6-5-11(10-13(12)19(2)16(18)21)7-8-17-15(20)14-4-3-9-22-14/h5-6,10,14H,3-4,7-9H2,1-2H3,(H,17,20). The predicted molar refractivity (Wildman–Crippen MR) is 83.8 cm³/mol. The number of rotatable bonds is 4. The predicted octanol–water partition coefficient (Wildman–Crippen LogP) is 0.715. The number of hydrogen-bond donors (Lipinski definition) is 1. The number of imidazole rings is 1. The number of carbonyl (C=O) groups is 1. The molecule has 118 valence electrons. The van der Waals surface area contributed by atoms with Crippen molar-refractivity contribution in [2.75, 3.05) is 13.2 Å². The maximum atomic E-state index is 11.9. The van der Waals surface area contributed by atoms with Crippen LogP contribution in [0.4, 0.5) is 0 Å². The van der Waals surface area contributed by atoms with E-state index in [9.17, 15) is 9.59 Å². The van der Waals surface area contributed by atoms with E-state index in [1.54, 1.807) is 23.2 Å². The van der Waals surface area contributed by atoms with Crippen LogP contribution in [0.5, 0.6) is 0 Å². The van der Waals surface area contributed by atoms with Gasteiger partial charge in [-0.2, -0.15) is 0 Å². The SMILES string of the molecule is Cn1c(=O)n(C)c2cc(CCNC(=O)C3CCCO3)ccc21. The van der Waals surface area contributed by atoms with Crippen molar-refractivity contribution in [2.45, 2.75) is 25.4 Å². The van der Waals surface area contributed by atoms with E-state index in [0.717, 1.165) is 35.9 Å². The molecule has 1 atom stereocenters. The highest BCUT2D eigenvalue weighted by Crippen LogP contribution is 2.15. The molecule has 0 radical (unpaired) electrons. The van der Waals surface area contributed by atoms with Gasteiger partial charge in [-0.15, -0.1) is 0 Å². The monoisotopic (exact) mass is 303 g/mol. The molecule has 1 aliphatic rings. The smallest absolute Gasteiger partial charge is 0.328 e. The van der Waals surface area contributed by atoms with Gasteiger partial charge in [0.15, 0.2) is 0 Å². The Balaban J connectivity index is 1.65. The normalized spacial score (nSPS) is 18.0. The van der Waals surface area contributed by atoms with Crippen LogP contribution in [0.1, 0.15) is 18.4 Å². The molecular weight excluding hydrogens is 282 g/mol. The van der Waals surface area contributed by atoms with E-state index >= 15 is 0 Å². The highest BCUT2D eigenvalue weighted by molar-refractivity contribution is 5.81. The quantitative estimate of drug-likeness (QED) is 0.905. The van der Waals surface area contributed by atoms with Crippen LogP contribution in [0.25, 0.3) is 11.0 Å². The molecule has 1 amide bonds. The number of hydrogen-bond acceptors (Lipinski definition) is 3. The number of nitrogens with zero attached hydrogens (tertiary/aromatic N) is 2. The van der Waals surface area contributed by atoms with Crippen molar-refractivity contribution in [3.05, 3.63) is 34.2 Å². The van der Waals surface area contributed by atoms with E-state index in [1.165, 1.54) is 0 Å². The fourth-order valence-electron chi connectivity index (χ4n) is 2.94. The highest BCUT2D eigenvalue weighted by Gasteiger charge is 2.22. The van der Waals surface area contributed by atoms with Crippen molar-refractivity contribution < 1.29 is 9.53 Å². The van der Waals surface area contributed by atoms with Crippen LogP contribution in [0.2, 0.25) is 0 Å². The van der Waals surface area contributed by atoms with E-state index in [4.69, 9.17) is 4.74 Å². The fourth-order valence-corrected chi connectivity index (χ4v) is 2.94. The average molecular weight is 303 g/mol. The second kappa shape index (κ2) is 5.96. The second-order valence-corrected chi connectivity index (χ2v) is 5.77. The molecule has 1 unspecified atom stereocenters. The van der Waals surface area contributed by atoms with Gasteiger partial charge >= 0.3 is 5.69 Å². The number of nitrogens with one attached hydrogen (secondary N) is 1. The molecule has 1 N–H and O–H groups in total. The van der Waals surface area contributed by atoms with Crippen LogP contribution in [-0.2, 0) is 30.0 Å². The molecule has 3 rings (SSSR count). The van der Waals surface area contributed by atoms with Crippen molar-refractivity contribution in [2.24, 2.45) is 14.1 Å². The van der Waals surface area contributed by atoms with Gasteiger partial charge in [0.2, 0.25) is 5.91 Å². The summed E-state index contributed by atoms with van der Waals surface area (Å²) in [4.78, 5) is 23.8. The lowest BCUT2D eigenvalue weighted by atomic mass is 10.1. The van der Waals surface area contributed by atoms with Crippen molar-refractivity contribution in [1.82, 2.24) is 14.5 Å². The Hall–Kier alpha value is -2.08. The Kier molecular flexibility index (Phi) is 4.02. The van der Waals surface area contributed by atoms with E-state index in [-0.39, 0.29) is 17.7 Å². The molecule has 1 aromatic heterocycles. The first kappa shape index (κ1) is 14.8. The summed E-state index contributed by atoms with van der Waals surface area (Å²) in [5.41, 5.74) is 2.90. The maximum Gasteiger partial charge on any atom is 0.328 e. The Morgan fingerprint density at radius 3 is 2.82 bits per heavy atom. The van der Waals surface area contributed by atoms with Crippen LogP contribution in [0, 0.1) is 0 Å². The van der Waals surface area contributed by atoms with Gasteiger partial charge in [-0.25, -0.2) is 4.79 Å². The summed E-state index contributed by atoms with van der Waals surface area (Å²) in [7, 11) is 3.54. The van der Waals surface area contributed by atoms with Crippen LogP contribution >= 0.6 is 0 Å². The Morgan fingerprint density at radius 1 is 1.32 bits per heavy atom. The number of carbonyl (C=O) groups excluding carboxylic acids is 1. The molecule has 6 nitrogen and oxygen atoms in total. The van der Waals surface area contributed by atoms with E-state index < -0.39 is 0 Å². The minimum Gasteiger partial charge on any atom is -0.368 e. The zero-order valence-electron chi connectivity index (χ0n) is 13.0. The maximum absolute atomic E-state index is 11.9. The van der Waals surface area contributed by atoms with E-state index in [0.29, 0.717) is 13.2 Å². The van der Waals surface area contributed by atoms with Crippen molar-refractivity contribution in [3.63, 3.8) is 0 Å². The van der Waals surface area contributed by atoms with Crippen molar-refractivity contribution in [1.29, 1.82) is 0 Å².